The molecular weight excluding hydrogens is 262 g/mol. The molecule has 2 N–H and O–H groups in total. The van der Waals surface area contributed by atoms with Gasteiger partial charge in [0.15, 0.2) is 0 Å². The van der Waals surface area contributed by atoms with E-state index < -0.39 is 0 Å². The molecule has 0 unspecified atom stereocenters. The third-order valence-electron chi connectivity index (χ3n) is 4.62. The first kappa shape index (κ1) is 15.8. The van der Waals surface area contributed by atoms with Gasteiger partial charge in [0, 0.05) is 43.5 Å². The largest absolute Gasteiger partial charge is 0.398 e. The zero-order valence-corrected chi connectivity index (χ0v) is 13.6. The summed E-state index contributed by atoms with van der Waals surface area (Å²) < 4.78 is 0. The van der Waals surface area contributed by atoms with Gasteiger partial charge in [0.25, 0.3) is 5.91 Å². The van der Waals surface area contributed by atoms with E-state index in [4.69, 9.17) is 5.73 Å². The van der Waals surface area contributed by atoms with Crippen molar-refractivity contribution in [3.05, 3.63) is 29.3 Å². The number of anilines is 1. The van der Waals surface area contributed by atoms with Gasteiger partial charge in [0.2, 0.25) is 0 Å². The van der Waals surface area contributed by atoms with Crippen molar-refractivity contribution in [3.8, 4) is 0 Å². The Labute approximate surface area is 127 Å². The topological polar surface area (TPSA) is 49.6 Å². The van der Waals surface area contributed by atoms with Crippen LogP contribution in [0.1, 0.15) is 42.6 Å². The number of nitrogens with zero attached hydrogens (tertiary/aromatic N) is 2. The van der Waals surface area contributed by atoms with E-state index in [1.54, 1.807) is 6.07 Å². The second-order valence-electron chi connectivity index (χ2n) is 6.35. The van der Waals surface area contributed by atoms with Gasteiger partial charge >= 0.3 is 0 Å². The van der Waals surface area contributed by atoms with Crippen LogP contribution >= 0.6 is 0 Å². The van der Waals surface area contributed by atoms with E-state index in [0.717, 1.165) is 31.5 Å². The Morgan fingerprint density at radius 3 is 2.48 bits per heavy atom. The third kappa shape index (κ3) is 3.56. The molecule has 4 nitrogen and oxygen atoms in total. The Bertz CT molecular complexity index is 505. The highest BCUT2D eigenvalue weighted by Gasteiger charge is 2.26. The molecule has 0 aromatic heterocycles. The highest BCUT2D eigenvalue weighted by Crippen LogP contribution is 2.20. The van der Waals surface area contributed by atoms with Crippen molar-refractivity contribution in [1.29, 1.82) is 0 Å². The van der Waals surface area contributed by atoms with E-state index in [1.807, 2.05) is 31.0 Å². The van der Waals surface area contributed by atoms with Crippen molar-refractivity contribution in [2.24, 2.45) is 0 Å². The highest BCUT2D eigenvalue weighted by molar-refractivity contribution is 5.95. The quantitative estimate of drug-likeness (QED) is 0.870. The molecule has 0 saturated carbocycles. The first-order valence-electron chi connectivity index (χ1n) is 7.77. The molecule has 1 fully saturated rings. The van der Waals surface area contributed by atoms with Gasteiger partial charge in [-0.2, -0.15) is 0 Å². The monoisotopic (exact) mass is 289 g/mol. The Balaban J connectivity index is 2.01. The summed E-state index contributed by atoms with van der Waals surface area (Å²) in [5.74, 6) is 0.0738. The van der Waals surface area contributed by atoms with Crippen LogP contribution in [0.25, 0.3) is 0 Å². The molecule has 21 heavy (non-hydrogen) atoms. The summed E-state index contributed by atoms with van der Waals surface area (Å²) in [6, 6.07) is 6.49. The summed E-state index contributed by atoms with van der Waals surface area (Å²) in [5, 5.41) is 0. The average Bonchev–Trinajstić information content (AvgIpc) is 2.48. The molecule has 0 bridgehead atoms. The summed E-state index contributed by atoms with van der Waals surface area (Å²) in [7, 11) is 1.91. The first-order valence-corrected chi connectivity index (χ1v) is 7.77. The van der Waals surface area contributed by atoms with E-state index in [9.17, 15) is 4.79 Å². The number of piperidine rings is 1. The van der Waals surface area contributed by atoms with Crippen molar-refractivity contribution in [3.63, 3.8) is 0 Å². The predicted molar refractivity (Wildman–Crippen MR) is 87.4 cm³/mol. The maximum Gasteiger partial charge on any atom is 0.253 e. The molecule has 1 saturated heterocycles. The van der Waals surface area contributed by atoms with E-state index >= 15 is 0 Å². The van der Waals surface area contributed by atoms with Crippen LogP contribution in [0.5, 0.6) is 0 Å². The second-order valence-corrected chi connectivity index (χ2v) is 6.35. The van der Waals surface area contributed by atoms with Gasteiger partial charge in [-0.3, -0.25) is 4.79 Å². The molecule has 116 valence electrons. The Morgan fingerprint density at radius 1 is 1.33 bits per heavy atom. The maximum atomic E-state index is 12.6. The Hall–Kier alpha value is -1.55. The van der Waals surface area contributed by atoms with Crippen LogP contribution in [0.3, 0.4) is 0 Å². The van der Waals surface area contributed by atoms with Crippen LogP contribution < -0.4 is 5.73 Å². The number of nitrogen functional groups attached to an aromatic ring is 1. The molecule has 0 radical (unpaired) electrons. The minimum atomic E-state index is 0.0738. The van der Waals surface area contributed by atoms with Crippen molar-refractivity contribution in [2.75, 3.05) is 25.9 Å². The number of amides is 1. The van der Waals surface area contributed by atoms with Crippen molar-refractivity contribution in [2.45, 2.75) is 45.7 Å². The summed E-state index contributed by atoms with van der Waals surface area (Å²) in [6.45, 7) is 8.54. The fourth-order valence-corrected chi connectivity index (χ4v) is 2.93. The number of hydrogen-bond acceptors (Lipinski definition) is 3. The van der Waals surface area contributed by atoms with Gasteiger partial charge < -0.3 is 15.5 Å². The van der Waals surface area contributed by atoms with E-state index in [1.165, 1.54) is 0 Å². The smallest absolute Gasteiger partial charge is 0.253 e. The molecule has 1 aliphatic heterocycles. The van der Waals surface area contributed by atoms with Crippen LogP contribution in [-0.2, 0) is 0 Å². The standard InChI is InChI=1S/C17H27N3O/c1-12(2)20-9-7-15(8-10-20)19(4)17(21)14-6-5-13(3)16(18)11-14/h5-6,11-12,15H,7-10,18H2,1-4H3. The van der Waals surface area contributed by atoms with Gasteiger partial charge in [0.05, 0.1) is 0 Å². The Morgan fingerprint density at radius 2 is 1.95 bits per heavy atom. The maximum absolute atomic E-state index is 12.6. The molecule has 1 aromatic rings. The fourth-order valence-electron chi connectivity index (χ4n) is 2.93. The van der Waals surface area contributed by atoms with Gasteiger partial charge in [-0.05, 0) is 51.3 Å². The van der Waals surface area contributed by atoms with Crippen molar-refractivity contribution in [1.82, 2.24) is 9.80 Å². The number of benzene rings is 1. The number of nitrogens with two attached hydrogens (primary N) is 1. The van der Waals surface area contributed by atoms with Crippen molar-refractivity contribution < 1.29 is 4.79 Å². The van der Waals surface area contributed by atoms with Gasteiger partial charge in [0.1, 0.15) is 0 Å². The minimum Gasteiger partial charge on any atom is -0.398 e. The minimum absolute atomic E-state index is 0.0738. The summed E-state index contributed by atoms with van der Waals surface area (Å²) >= 11 is 0. The van der Waals surface area contributed by atoms with Gasteiger partial charge in [-0.15, -0.1) is 0 Å². The van der Waals surface area contributed by atoms with Gasteiger partial charge in [-0.1, -0.05) is 6.07 Å². The third-order valence-corrected chi connectivity index (χ3v) is 4.62. The van der Waals surface area contributed by atoms with Crippen LogP contribution in [0.2, 0.25) is 0 Å². The van der Waals surface area contributed by atoms with E-state index in [-0.39, 0.29) is 5.91 Å². The molecule has 1 amide bonds. The lowest BCUT2D eigenvalue weighted by atomic mass is 10.0. The molecule has 4 heteroatoms. The molecule has 0 atom stereocenters. The zero-order valence-electron chi connectivity index (χ0n) is 13.6. The van der Waals surface area contributed by atoms with Gasteiger partial charge in [-0.25, -0.2) is 0 Å². The summed E-state index contributed by atoms with van der Waals surface area (Å²) in [5.41, 5.74) is 8.30. The number of rotatable bonds is 3. The Kier molecular flexibility index (Phi) is 4.88. The zero-order chi connectivity index (χ0) is 15.6. The normalized spacial score (nSPS) is 17.2. The van der Waals surface area contributed by atoms with Crippen LogP contribution in [0, 0.1) is 6.92 Å². The summed E-state index contributed by atoms with van der Waals surface area (Å²) in [6.07, 6.45) is 2.09. The van der Waals surface area contributed by atoms with Crippen molar-refractivity contribution >= 4 is 11.6 Å². The number of carbonyl (C=O) groups is 1. The fraction of sp³-hybridized carbons (Fsp3) is 0.588. The SMILES string of the molecule is Cc1ccc(C(=O)N(C)C2CCN(C(C)C)CC2)cc1N. The molecule has 0 aliphatic carbocycles. The predicted octanol–water partition coefficient (Wildman–Crippen LogP) is 2.52. The number of likely N-dealkylation sites (tertiary alicyclic amines) is 1. The highest BCUT2D eigenvalue weighted by atomic mass is 16.2. The number of carbonyl (C=O) groups excluding carboxylic acids is 1. The molecule has 1 heterocycles. The molecule has 1 aliphatic rings. The lowest BCUT2D eigenvalue weighted by Crippen LogP contribution is -2.47. The lowest BCUT2D eigenvalue weighted by molar-refractivity contribution is 0.0615. The van der Waals surface area contributed by atoms with E-state index in [2.05, 4.69) is 18.7 Å². The second kappa shape index (κ2) is 6.48. The first-order chi connectivity index (χ1) is 9.90. The molecular formula is C17H27N3O. The molecule has 2 rings (SSSR count). The van der Waals surface area contributed by atoms with Crippen LogP contribution in [0.4, 0.5) is 5.69 Å². The summed E-state index contributed by atoms with van der Waals surface area (Å²) in [4.78, 5) is 16.9. The molecule has 0 spiro atoms. The number of aryl methyl sites for hydroxylation is 1. The number of hydrogen-bond donors (Lipinski definition) is 1. The van der Waals surface area contributed by atoms with Crippen LogP contribution in [0.15, 0.2) is 18.2 Å². The van der Waals surface area contributed by atoms with Crippen LogP contribution in [-0.4, -0.2) is 47.9 Å². The van der Waals surface area contributed by atoms with E-state index in [0.29, 0.717) is 23.3 Å². The lowest BCUT2D eigenvalue weighted by Gasteiger charge is -2.38. The molecule has 1 aromatic carbocycles. The average molecular weight is 289 g/mol.